The fourth-order valence-corrected chi connectivity index (χ4v) is 4.59. The fraction of sp³-hybridized carbons (Fsp3) is 0.235. The molecule has 0 aliphatic carbocycles. The molecule has 0 saturated carbocycles. The highest BCUT2D eigenvalue weighted by atomic mass is 16.4. The van der Waals surface area contributed by atoms with Gasteiger partial charge in [0.25, 0.3) is 0 Å². The zero-order chi connectivity index (χ0) is 35.1. The van der Waals surface area contributed by atoms with Crippen LogP contribution in [0.25, 0.3) is 11.0 Å². The second-order valence-corrected chi connectivity index (χ2v) is 10.8. The molecule has 14 heteroatoms. The molecule has 0 bridgehead atoms. The lowest BCUT2D eigenvalue weighted by molar-refractivity contribution is -0.142. The van der Waals surface area contributed by atoms with E-state index in [1.54, 1.807) is 66.7 Å². The number of amides is 2. The molecular weight excluding hydrogens is 620 g/mol. The molecule has 3 unspecified atom stereocenters. The largest absolute Gasteiger partial charge is 0.508 e. The highest BCUT2D eigenvalue weighted by Crippen LogP contribution is 2.17. The summed E-state index contributed by atoms with van der Waals surface area (Å²) in [6.45, 7) is 0.277. The fourth-order valence-electron chi connectivity index (χ4n) is 4.59. The first-order valence-corrected chi connectivity index (χ1v) is 14.9. The van der Waals surface area contributed by atoms with Crippen molar-refractivity contribution in [1.29, 1.82) is 5.41 Å². The van der Waals surface area contributed by atoms with Crippen molar-refractivity contribution in [1.82, 2.24) is 16.0 Å². The first-order chi connectivity index (χ1) is 22.9. The maximum Gasteiger partial charge on any atom is 0.336 e. The lowest BCUT2D eigenvalue weighted by atomic mass is 10.0. The third kappa shape index (κ3) is 12.1. The average molecular weight is 659 g/mol. The Bertz CT molecular complexity index is 1780. The molecule has 48 heavy (non-hydrogen) atoms. The van der Waals surface area contributed by atoms with E-state index in [-0.39, 0.29) is 37.5 Å². The van der Waals surface area contributed by atoms with Gasteiger partial charge in [-0.05, 0) is 54.7 Å². The third-order valence-electron chi connectivity index (χ3n) is 7.00. The predicted octanol–water partition coefficient (Wildman–Crippen LogP) is 1.43. The number of guanidine groups is 1. The number of aromatic hydroxyl groups is 1. The van der Waals surface area contributed by atoms with Crippen LogP contribution in [0.1, 0.15) is 34.3 Å². The molecule has 1 aromatic heterocycles. The van der Waals surface area contributed by atoms with Crippen molar-refractivity contribution < 1.29 is 33.8 Å². The summed E-state index contributed by atoms with van der Waals surface area (Å²) < 4.78 is 4.83. The van der Waals surface area contributed by atoms with Gasteiger partial charge in [0.05, 0.1) is 6.04 Å². The number of aldehydes is 1. The number of phenolic OH excluding ortho intramolecular Hbond substituents is 1. The van der Waals surface area contributed by atoms with Crippen LogP contribution in [0.2, 0.25) is 0 Å². The van der Waals surface area contributed by atoms with Crippen LogP contribution in [0.4, 0.5) is 0 Å². The van der Waals surface area contributed by atoms with Crippen LogP contribution in [0.15, 0.2) is 94.1 Å². The highest BCUT2D eigenvalue weighted by Gasteiger charge is 2.28. The molecule has 1 heterocycles. The Kier molecular flexibility index (Phi) is 13.8. The van der Waals surface area contributed by atoms with Crippen LogP contribution in [0, 0.1) is 5.41 Å². The molecule has 3 aromatic carbocycles. The minimum absolute atomic E-state index is 0.0943. The quantitative estimate of drug-likeness (QED) is 0.0316. The summed E-state index contributed by atoms with van der Waals surface area (Å²) in [5, 5.41) is 34.3. The Morgan fingerprint density at radius 3 is 2.25 bits per heavy atom. The monoisotopic (exact) mass is 658 g/mol. The molecule has 0 aliphatic rings. The van der Waals surface area contributed by atoms with Crippen molar-refractivity contribution in [2.24, 2.45) is 11.5 Å². The maximum absolute atomic E-state index is 13.1. The maximum atomic E-state index is 13.1. The minimum Gasteiger partial charge on any atom is -0.508 e. The van der Waals surface area contributed by atoms with Crippen LogP contribution in [0.5, 0.6) is 5.75 Å². The Hall–Kier alpha value is -6.02. The first kappa shape index (κ1) is 36.4. The average Bonchev–Trinajstić information content (AvgIpc) is 3.06. The molecule has 252 valence electrons. The molecule has 10 N–H and O–H groups in total. The Labute approximate surface area is 275 Å². The van der Waals surface area contributed by atoms with Gasteiger partial charge in [-0.3, -0.25) is 19.8 Å². The molecule has 4 rings (SSSR count). The zero-order valence-electron chi connectivity index (χ0n) is 25.9. The summed E-state index contributed by atoms with van der Waals surface area (Å²) in [6, 6.07) is 20.1. The predicted molar refractivity (Wildman–Crippen MR) is 178 cm³/mol. The van der Waals surface area contributed by atoms with Crippen LogP contribution in [0.3, 0.4) is 0 Å². The molecule has 2 amide bonds. The number of nitrogens with one attached hydrogen (secondary N) is 4. The number of benzene rings is 3. The van der Waals surface area contributed by atoms with Gasteiger partial charge in [0, 0.05) is 36.0 Å². The van der Waals surface area contributed by atoms with Gasteiger partial charge in [-0.2, -0.15) is 0 Å². The number of nitrogens with two attached hydrogens (primary N) is 2. The number of carbonyl (C=O) groups excluding carboxylic acids is 3. The number of hydrogen-bond donors (Lipinski definition) is 8. The van der Waals surface area contributed by atoms with Gasteiger partial charge in [-0.25, -0.2) is 9.59 Å². The van der Waals surface area contributed by atoms with Gasteiger partial charge in [0.1, 0.15) is 29.7 Å². The lowest BCUT2D eigenvalue weighted by Gasteiger charge is -2.23. The SMILES string of the molecule is N=C(N)NCCCC(NC(=O)C(Cc1ccccc1)NC(=O)C(N)Cc1cccc(C=O)c1)C(=O)O.O=c1ccc2ccc(O)cc2o1. The van der Waals surface area contributed by atoms with E-state index < -0.39 is 41.5 Å². The normalized spacial score (nSPS) is 12.4. The van der Waals surface area contributed by atoms with Crippen molar-refractivity contribution in [3.63, 3.8) is 0 Å². The molecular formula is C34H38N6O8. The molecule has 0 spiro atoms. The molecule has 14 nitrogen and oxygen atoms in total. The molecule has 0 radical (unpaired) electrons. The van der Waals surface area contributed by atoms with Gasteiger partial charge in [-0.1, -0.05) is 48.5 Å². The van der Waals surface area contributed by atoms with E-state index >= 15 is 0 Å². The number of carbonyl (C=O) groups is 4. The van der Waals surface area contributed by atoms with Crippen LogP contribution >= 0.6 is 0 Å². The number of fused-ring (bicyclic) bond motifs is 1. The number of phenols is 1. The summed E-state index contributed by atoms with van der Waals surface area (Å²) in [6.07, 6.45) is 1.42. The van der Waals surface area contributed by atoms with E-state index in [0.29, 0.717) is 29.4 Å². The topological polar surface area (TPSA) is 251 Å². The summed E-state index contributed by atoms with van der Waals surface area (Å²) in [7, 11) is 0. The molecule has 4 aromatic rings. The molecule has 3 atom stereocenters. The van der Waals surface area contributed by atoms with Crippen molar-refractivity contribution in [2.75, 3.05) is 6.54 Å². The number of hydrogen-bond acceptors (Lipinski definition) is 9. The number of carboxylic acid groups (broad SMARTS) is 1. The molecule has 0 saturated heterocycles. The highest BCUT2D eigenvalue weighted by molar-refractivity contribution is 5.92. The van der Waals surface area contributed by atoms with Crippen LogP contribution in [-0.2, 0) is 27.2 Å². The first-order valence-electron chi connectivity index (χ1n) is 14.9. The second-order valence-electron chi connectivity index (χ2n) is 10.8. The standard InChI is InChI=1S/C25H32N6O5.C9H6O3/c26-19(13-17-8-4-9-18(12-17)15-32)22(33)31-21(14-16-6-2-1-3-7-16)23(34)30-20(24(35)36)10-5-11-29-25(27)28;10-7-3-1-6-2-4-9(11)12-8(6)5-7/h1-4,6-9,12,15,19-21H,5,10-11,13-14,26H2,(H,30,34)(H,31,33)(H,35,36)(H4,27,28,29);1-5,10H. The molecule has 0 aliphatic heterocycles. The van der Waals surface area contributed by atoms with Crippen LogP contribution in [-0.4, -0.2) is 64.9 Å². The number of carboxylic acids is 1. The van der Waals surface area contributed by atoms with Crippen LogP contribution < -0.4 is 33.0 Å². The van der Waals surface area contributed by atoms with Gasteiger partial charge >= 0.3 is 11.6 Å². The van der Waals surface area contributed by atoms with Crippen molar-refractivity contribution >= 4 is 41.0 Å². The Morgan fingerprint density at radius 2 is 1.56 bits per heavy atom. The zero-order valence-corrected chi connectivity index (χ0v) is 25.9. The smallest absolute Gasteiger partial charge is 0.336 e. The second kappa shape index (κ2) is 18.2. The van der Waals surface area contributed by atoms with Crippen molar-refractivity contribution in [3.8, 4) is 5.75 Å². The van der Waals surface area contributed by atoms with E-state index in [2.05, 4.69) is 16.0 Å². The summed E-state index contributed by atoms with van der Waals surface area (Å²) in [5.41, 5.74) is 13.2. The van der Waals surface area contributed by atoms with E-state index in [9.17, 15) is 29.1 Å². The van der Waals surface area contributed by atoms with Gasteiger partial charge in [0.2, 0.25) is 11.8 Å². The van der Waals surface area contributed by atoms with E-state index in [0.717, 1.165) is 10.9 Å². The van der Waals surface area contributed by atoms with Crippen molar-refractivity contribution in [2.45, 2.75) is 43.8 Å². The third-order valence-corrected chi connectivity index (χ3v) is 7.00. The summed E-state index contributed by atoms with van der Waals surface area (Å²) in [5.74, 6) is -2.60. The number of rotatable bonds is 14. The van der Waals surface area contributed by atoms with Gasteiger partial charge in [-0.15, -0.1) is 0 Å². The van der Waals surface area contributed by atoms with Gasteiger partial charge in [0.15, 0.2) is 5.96 Å². The summed E-state index contributed by atoms with van der Waals surface area (Å²) >= 11 is 0. The lowest BCUT2D eigenvalue weighted by Crippen LogP contribution is -2.55. The van der Waals surface area contributed by atoms with Crippen molar-refractivity contribution in [3.05, 3.63) is 112 Å². The minimum atomic E-state index is -1.22. The van der Waals surface area contributed by atoms with E-state index in [4.69, 9.17) is 26.4 Å². The molecule has 0 fully saturated rings. The Balaban J connectivity index is 0.000000431. The van der Waals surface area contributed by atoms with Gasteiger partial charge < -0.3 is 42.0 Å². The summed E-state index contributed by atoms with van der Waals surface area (Å²) in [4.78, 5) is 59.4. The van der Waals surface area contributed by atoms with E-state index in [1.165, 1.54) is 12.1 Å². The van der Waals surface area contributed by atoms with E-state index in [1.807, 2.05) is 6.07 Å². The Morgan fingerprint density at radius 1 is 0.875 bits per heavy atom. The number of aliphatic carboxylic acids is 1.